The number of aromatic nitrogens is 1. The van der Waals surface area contributed by atoms with E-state index in [9.17, 15) is 0 Å². The molecule has 2 heteroatoms. The molecule has 0 spiro atoms. The average Bonchev–Trinajstić information content (AvgIpc) is 2.03. The number of nitrogens with zero attached hydrogens (tertiary/aromatic N) is 2. The second-order valence-electron chi connectivity index (χ2n) is 4.52. The minimum Gasteiger partial charge on any atom is -0.363 e. The van der Waals surface area contributed by atoms with Crippen LogP contribution < -0.4 is 4.90 Å². The van der Waals surface area contributed by atoms with Crippen molar-refractivity contribution in [2.24, 2.45) is 0 Å². The molecule has 1 aromatic heterocycles. The first-order valence-corrected chi connectivity index (χ1v) is 4.56. The van der Waals surface area contributed by atoms with Crippen LogP contribution in [-0.4, -0.2) is 19.1 Å². The summed E-state index contributed by atoms with van der Waals surface area (Å²) >= 11 is 0. The van der Waals surface area contributed by atoms with Crippen LogP contribution in [0.2, 0.25) is 0 Å². The van der Waals surface area contributed by atoms with Gasteiger partial charge in [0.2, 0.25) is 0 Å². The Kier molecular flexibility index (Phi) is 2.60. The molecule has 0 atom stereocenters. The first-order valence-electron chi connectivity index (χ1n) is 4.56. The molecule has 0 aromatic carbocycles. The standard InChI is InChI=1S/C11H18N2/c1-11(2,3)9-7-6-8-12-10(9)13(4)5/h6-8H,1-5H3. The van der Waals surface area contributed by atoms with Gasteiger partial charge in [-0.15, -0.1) is 0 Å². The van der Waals surface area contributed by atoms with Crippen molar-refractivity contribution in [3.05, 3.63) is 23.9 Å². The fourth-order valence-corrected chi connectivity index (χ4v) is 1.34. The molecule has 1 rings (SSSR count). The van der Waals surface area contributed by atoms with Gasteiger partial charge in [0.25, 0.3) is 0 Å². The summed E-state index contributed by atoms with van der Waals surface area (Å²) in [6, 6.07) is 4.13. The van der Waals surface area contributed by atoms with E-state index in [-0.39, 0.29) is 5.41 Å². The average molecular weight is 178 g/mol. The van der Waals surface area contributed by atoms with E-state index >= 15 is 0 Å². The van der Waals surface area contributed by atoms with Gasteiger partial charge in [-0.3, -0.25) is 0 Å². The molecule has 1 heterocycles. The zero-order valence-electron chi connectivity index (χ0n) is 9.13. The van der Waals surface area contributed by atoms with Gasteiger partial charge >= 0.3 is 0 Å². The van der Waals surface area contributed by atoms with E-state index in [0.717, 1.165) is 5.82 Å². The van der Waals surface area contributed by atoms with Crippen LogP contribution in [0.3, 0.4) is 0 Å². The number of rotatable bonds is 1. The van der Waals surface area contributed by atoms with E-state index in [1.807, 2.05) is 26.4 Å². The summed E-state index contributed by atoms with van der Waals surface area (Å²) < 4.78 is 0. The maximum Gasteiger partial charge on any atom is 0.131 e. The van der Waals surface area contributed by atoms with Gasteiger partial charge in [-0.1, -0.05) is 26.8 Å². The highest BCUT2D eigenvalue weighted by molar-refractivity contribution is 5.48. The minimum absolute atomic E-state index is 0.161. The quantitative estimate of drug-likeness (QED) is 0.656. The molecule has 0 saturated heterocycles. The third kappa shape index (κ3) is 2.20. The third-order valence-electron chi connectivity index (χ3n) is 2.02. The maximum absolute atomic E-state index is 4.37. The lowest BCUT2D eigenvalue weighted by atomic mass is 9.87. The van der Waals surface area contributed by atoms with Crippen LogP contribution >= 0.6 is 0 Å². The van der Waals surface area contributed by atoms with E-state index in [2.05, 4.69) is 36.7 Å². The van der Waals surface area contributed by atoms with Crippen molar-refractivity contribution in [3.63, 3.8) is 0 Å². The highest BCUT2D eigenvalue weighted by Gasteiger charge is 2.18. The summed E-state index contributed by atoms with van der Waals surface area (Å²) in [5.41, 5.74) is 1.45. The molecule has 0 aliphatic heterocycles. The molecule has 2 nitrogen and oxygen atoms in total. The van der Waals surface area contributed by atoms with E-state index < -0.39 is 0 Å². The Morgan fingerprint density at radius 1 is 1.23 bits per heavy atom. The van der Waals surface area contributed by atoms with Gasteiger partial charge in [-0.2, -0.15) is 0 Å². The summed E-state index contributed by atoms with van der Waals surface area (Å²) in [6.07, 6.45) is 1.84. The van der Waals surface area contributed by atoms with Crippen molar-refractivity contribution < 1.29 is 0 Å². The minimum atomic E-state index is 0.161. The summed E-state index contributed by atoms with van der Waals surface area (Å²) in [5.74, 6) is 1.06. The molecular weight excluding hydrogens is 160 g/mol. The smallest absolute Gasteiger partial charge is 0.131 e. The summed E-state index contributed by atoms with van der Waals surface area (Å²) in [4.78, 5) is 6.43. The number of pyridine rings is 1. The van der Waals surface area contributed by atoms with Gasteiger partial charge in [0.15, 0.2) is 0 Å². The first-order chi connectivity index (χ1) is 5.93. The molecule has 0 fully saturated rings. The molecule has 0 radical (unpaired) electrons. The van der Waals surface area contributed by atoms with E-state index in [0.29, 0.717) is 0 Å². The normalized spacial score (nSPS) is 11.5. The van der Waals surface area contributed by atoms with Crippen molar-refractivity contribution >= 4 is 5.82 Å². The molecule has 0 saturated carbocycles. The van der Waals surface area contributed by atoms with Gasteiger partial charge in [0.05, 0.1) is 0 Å². The predicted octanol–water partition coefficient (Wildman–Crippen LogP) is 2.45. The molecule has 0 unspecified atom stereocenters. The highest BCUT2D eigenvalue weighted by atomic mass is 15.1. The summed E-state index contributed by atoms with van der Waals surface area (Å²) in [6.45, 7) is 6.62. The second-order valence-corrected chi connectivity index (χ2v) is 4.52. The molecule has 0 aliphatic carbocycles. The van der Waals surface area contributed by atoms with E-state index in [4.69, 9.17) is 0 Å². The van der Waals surface area contributed by atoms with Crippen molar-refractivity contribution in [1.29, 1.82) is 0 Å². The van der Waals surface area contributed by atoms with E-state index in [1.165, 1.54) is 5.56 Å². The zero-order valence-corrected chi connectivity index (χ0v) is 9.13. The van der Waals surface area contributed by atoms with Crippen molar-refractivity contribution in [2.45, 2.75) is 26.2 Å². The molecule has 13 heavy (non-hydrogen) atoms. The molecule has 0 bridgehead atoms. The van der Waals surface area contributed by atoms with Crippen LogP contribution in [0, 0.1) is 0 Å². The lowest BCUT2D eigenvalue weighted by molar-refractivity contribution is 0.587. The molecule has 0 amide bonds. The Hall–Kier alpha value is -1.05. The Balaban J connectivity index is 3.20. The van der Waals surface area contributed by atoms with Crippen molar-refractivity contribution in [3.8, 4) is 0 Å². The van der Waals surface area contributed by atoms with Crippen LogP contribution in [-0.2, 0) is 5.41 Å². The van der Waals surface area contributed by atoms with Gasteiger partial charge in [0.1, 0.15) is 5.82 Å². The Bertz CT molecular complexity index is 284. The molecular formula is C11H18N2. The Morgan fingerprint density at radius 3 is 2.23 bits per heavy atom. The molecule has 1 aromatic rings. The fourth-order valence-electron chi connectivity index (χ4n) is 1.34. The summed E-state index contributed by atoms with van der Waals surface area (Å²) in [5, 5.41) is 0. The number of anilines is 1. The van der Waals surface area contributed by atoms with Gasteiger partial charge in [0, 0.05) is 25.9 Å². The van der Waals surface area contributed by atoms with Crippen LogP contribution in [0.25, 0.3) is 0 Å². The number of hydrogen-bond acceptors (Lipinski definition) is 2. The topological polar surface area (TPSA) is 16.1 Å². The fraction of sp³-hybridized carbons (Fsp3) is 0.545. The van der Waals surface area contributed by atoms with Gasteiger partial charge < -0.3 is 4.90 Å². The largest absolute Gasteiger partial charge is 0.363 e. The second kappa shape index (κ2) is 3.36. The maximum atomic E-state index is 4.37. The Morgan fingerprint density at radius 2 is 1.85 bits per heavy atom. The zero-order chi connectivity index (χ0) is 10.1. The van der Waals surface area contributed by atoms with Crippen LogP contribution in [0.15, 0.2) is 18.3 Å². The van der Waals surface area contributed by atoms with Crippen LogP contribution in [0.5, 0.6) is 0 Å². The molecule has 72 valence electrons. The predicted molar refractivity (Wildman–Crippen MR) is 57.3 cm³/mol. The summed E-state index contributed by atoms with van der Waals surface area (Å²) in [7, 11) is 4.05. The Labute approximate surface area is 80.6 Å². The highest BCUT2D eigenvalue weighted by Crippen LogP contribution is 2.28. The SMILES string of the molecule is CN(C)c1ncccc1C(C)(C)C. The first kappa shape index (κ1) is 10.0. The lowest BCUT2D eigenvalue weighted by Crippen LogP contribution is -2.20. The monoisotopic (exact) mass is 178 g/mol. The number of hydrogen-bond donors (Lipinski definition) is 0. The van der Waals surface area contributed by atoms with Crippen molar-refractivity contribution in [1.82, 2.24) is 4.98 Å². The molecule has 0 aliphatic rings. The third-order valence-corrected chi connectivity index (χ3v) is 2.02. The van der Waals surface area contributed by atoms with Gasteiger partial charge in [-0.25, -0.2) is 4.98 Å². The van der Waals surface area contributed by atoms with Crippen molar-refractivity contribution in [2.75, 3.05) is 19.0 Å². The van der Waals surface area contributed by atoms with Crippen LogP contribution in [0.4, 0.5) is 5.82 Å². The molecule has 0 N–H and O–H groups in total. The van der Waals surface area contributed by atoms with E-state index in [1.54, 1.807) is 0 Å². The van der Waals surface area contributed by atoms with Crippen LogP contribution in [0.1, 0.15) is 26.3 Å². The van der Waals surface area contributed by atoms with Gasteiger partial charge in [-0.05, 0) is 11.5 Å². The lowest BCUT2D eigenvalue weighted by Gasteiger charge is -2.25.